The zero-order valence-electron chi connectivity index (χ0n) is 16.0. The fraction of sp³-hybridized carbons (Fsp3) is 0.200. The Kier molecular flexibility index (Phi) is 6.90. The molecule has 1 N–H and O–H groups in total. The van der Waals surface area contributed by atoms with Crippen LogP contribution in [0.15, 0.2) is 52.2 Å². The minimum atomic E-state index is -0.230. The molecule has 0 unspecified atom stereocenters. The first-order valence-corrected chi connectivity index (χ1v) is 9.84. The van der Waals surface area contributed by atoms with Crippen molar-refractivity contribution >= 4 is 35.0 Å². The summed E-state index contributed by atoms with van der Waals surface area (Å²) in [5, 5.41) is 3.79. The normalized spacial score (nSPS) is 10.5. The number of amides is 1. The Bertz CT molecular complexity index is 983. The summed E-state index contributed by atoms with van der Waals surface area (Å²) in [4.78, 5) is 16.5. The Balaban J connectivity index is 1.63. The molecule has 0 fully saturated rings. The van der Waals surface area contributed by atoms with Crippen LogP contribution in [0.5, 0.6) is 17.2 Å². The lowest BCUT2D eigenvalue weighted by atomic mass is 10.2. The van der Waals surface area contributed by atoms with Crippen LogP contribution in [0.1, 0.15) is 0 Å². The number of benzene rings is 2. The number of halogens is 1. The summed E-state index contributed by atoms with van der Waals surface area (Å²) in [6, 6.07) is 10.6. The van der Waals surface area contributed by atoms with Crippen molar-refractivity contribution in [1.29, 1.82) is 0 Å². The smallest absolute Gasteiger partial charge is 0.256 e. The molecular weight excluding hydrogens is 416 g/mol. The Labute approximate surface area is 177 Å². The molecule has 9 heteroatoms. The number of oxazole rings is 1. The average molecular weight is 435 g/mol. The molecule has 152 valence electrons. The Morgan fingerprint density at radius 3 is 2.48 bits per heavy atom. The minimum absolute atomic E-state index is 0.117. The number of hydrogen-bond acceptors (Lipinski definition) is 7. The lowest BCUT2D eigenvalue weighted by Gasteiger charge is -2.14. The predicted octanol–water partition coefficient (Wildman–Crippen LogP) is 4.75. The highest BCUT2D eigenvalue weighted by atomic mass is 35.5. The zero-order chi connectivity index (χ0) is 20.8. The van der Waals surface area contributed by atoms with E-state index >= 15 is 0 Å². The van der Waals surface area contributed by atoms with Crippen molar-refractivity contribution in [1.82, 2.24) is 4.98 Å². The summed E-state index contributed by atoms with van der Waals surface area (Å²) < 4.78 is 21.5. The second-order valence-electron chi connectivity index (χ2n) is 5.75. The average Bonchev–Trinajstić information content (AvgIpc) is 3.20. The molecule has 3 aromatic rings. The summed E-state index contributed by atoms with van der Waals surface area (Å²) in [6.45, 7) is 0. The second kappa shape index (κ2) is 9.58. The van der Waals surface area contributed by atoms with Crippen LogP contribution in [-0.2, 0) is 4.79 Å². The largest absolute Gasteiger partial charge is 0.493 e. The molecule has 0 saturated carbocycles. The molecule has 7 nitrogen and oxygen atoms in total. The van der Waals surface area contributed by atoms with Crippen LogP contribution >= 0.6 is 23.4 Å². The van der Waals surface area contributed by atoms with Crippen LogP contribution in [0.25, 0.3) is 11.3 Å². The molecule has 29 heavy (non-hydrogen) atoms. The molecule has 0 radical (unpaired) electrons. The highest BCUT2D eigenvalue weighted by molar-refractivity contribution is 7.99. The highest BCUT2D eigenvalue weighted by Crippen LogP contribution is 2.40. The Hall–Kier alpha value is -2.84. The molecule has 0 bridgehead atoms. The summed E-state index contributed by atoms with van der Waals surface area (Å²) in [6.07, 6.45) is 1.60. The Morgan fingerprint density at radius 2 is 1.86 bits per heavy atom. The summed E-state index contributed by atoms with van der Waals surface area (Å²) in [5.74, 6) is 1.83. The molecule has 0 aliphatic heterocycles. The molecule has 1 aromatic heterocycles. The molecule has 0 saturated heterocycles. The van der Waals surface area contributed by atoms with E-state index in [0.29, 0.717) is 38.9 Å². The van der Waals surface area contributed by atoms with Gasteiger partial charge in [-0.3, -0.25) is 4.79 Å². The topological polar surface area (TPSA) is 82.8 Å². The number of methoxy groups -OCH3 is 3. The lowest BCUT2D eigenvalue weighted by Crippen LogP contribution is -2.14. The van der Waals surface area contributed by atoms with Gasteiger partial charge in [-0.15, -0.1) is 0 Å². The van der Waals surface area contributed by atoms with Gasteiger partial charge < -0.3 is 23.9 Å². The number of thioether (sulfide) groups is 1. The van der Waals surface area contributed by atoms with E-state index in [1.807, 2.05) is 12.1 Å². The van der Waals surface area contributed by atoms with E-state index in [1.165, 1.54) is 33.1 Å². The van der Waals surface area contributed by atoms with Crippen molar-refractivity contribution in [3.05, 3.63) is 47.6 Å². The number of aromatic nitrogens is 1. The predicted molar refractivity (Wildman–Crippen MR) is 112 cm³/mol. The van der Waals surface area contributed by atoms with Gasteiger partial charge >= 0.3 is 0 Å². The first-order chi connectivity index (χ1) is 14.0. The number of anilines is 1. The van der Waals surface area contributed by atoms with Gasteiger partial charge in [0.15, 0.2) is 17.3 Å². The van der Waals surface area contributed by atoms with Gasteiger partial charge in [0.25, 0.3) is 5.22 Å². The van der Waals surface area contributed by atoms with Crippen LogP contribution in [-0.4, -0.2) is 38.0 Å². The van der Waals surface area contributed by atoms with Gasteiger partial charge in [0, 0.05) is 28.4 Å². The molecular formula is C20H19ClN2O5S. The number of ether oxygens (including phenoxy) is 3. The van der Waals surface area contributed by atoms with Gasteiger partial charge in [-0.2, -0.15) is 0 Å². The number of rotatable bonds is 8. The molecule has 0 atom stereocenters. The highest BCUT2D eigenvalue weighted by Gasteiger charge is 2.15. The monoisotopic (exact) mass is 434 g/mol. The fourth-order valence-corrected chi connectivity index (χ4v) is 3.37. The van der Waals surface area contributed by atoms with Crippen LogP contribution in [0.3, 0.4) is 0 Å². The van der Waals surface area contributed by atoms with Gasteiger partial charge in [-0.1, -0.05) is 35.5 Å². The van der Waals surface area contributed by atoms with E-state index in [4.69, 9.17) is 30.2 Å². The zero-order valence-corrected chi connectivity index (χ0v) is 17.6. The second-order valence-corrected chi connectivity index (χ2v) is 7.11. The first kappa shape index (κ1) is 20.9. The number of hydrogen-bond donors (Lipinski definition) is 1. The maximum Gasteiger partial charge on any atom is 0.256 e. The van der Waals surface area contributed by atoms with Crippen LogP contribution in [0, 0.1) is 0 Å². The quantitative estimate of drug-likeness (QED) is 0.512. The van der Waals surface area contributed by atoms with E-state index in [9.17, 15) is 4.79 Å². The van der Waals surface area contributed by atoms with E-state index in [0.717, 1.165) is 5.56 Å². The van der Waals surface area contributed by atoms with Crippen molar-refractivity contribution in [3.8, 4) is 28.6 Å². The van der Waals surface area contributed by atoms with Crippen molar-refractivity contribution in [2.75, 3.05) is 32.4 Å². The summed E-state index contributed by atoms with van der Waals surface area (Å²) in [7, 11) is 4.54. The van der Waals surface area contributed by atoms with Gasteiger partial charge in [-0.05, 0) is 12.1 Å². The molecule has 2 aromatic carbocycles. The van der Waals surface area contributed by atoms with Crippen molar-refractivity contribution < 1.29 is 23.4 Å². The lowest BCUT2D eigenvalue weighted by molar-refractivity contribution is -0.113. The SMILES string of the molecule is COc1cc(NC(=O)CSc2ncc(-c3cccc(Cl)c3)o2)cc(OC)c1OC. The van der Waals surface area contributed by atoms with E-state index in [1.54, 1.807) is 30.5 Å². The molecule has 1 amide bonds. The third-order valence-electron chi connectivity index (χ3n) is 3.87. The standard InChI is InChI=1S/C20H19ClN2O5S/c1-25-15-8-14(9-16(26-2)19(15)27-3)23-18(24)11-29-20-22-10-17(28-20)12-5-4-6-13(21)7-12/h4-10H,11H2,1-3H3,(H,23,24). The van der Waals surface area contributed by atoms with Crippen molar-refractivity contribution in [2.45, 2.75) is 5.22 Å². The third-order valence-corrected chi connectivity index (χ3v) is 4.95. The maximum absolute atomic E-state index is 12.3. The fourth-order valence-electron chi connectivity index (χ4n) is 2.58. The van der Waals surface area contributed by atoms with Crippen molar-refractivity contribution in [2.24, 2.45) is 0 Å². The maximum atomic E-state index is 12.3. The first-order valence-electron chi connectivity index (χ1n) is 8.48. The van der Waals surface area contributed by atoms with Gasteiger partial charge in [-0.25, -0.2) is 4.98 Å². The molecule has 0 spiro atoms. The summed E-state index contributed by atoms with van der Waals surface area (Å²) in [5.41, 5.74) is 1.34. The number of nitrogens with one attached hydrogen (secondary N) is 1. The number of nitrogens with zero attached hydrogens (tertiary/aromatic N) is 1. The number of carbonyl (C=O) groups is 1. The van der Waals surface area contributed by atoms with Crippen molar-refractivity contribution in [3.63, 3.8) is 0 Å². The molecule has 1 heterocycles. The summed E-state index contributed by atoms with van der Waals surface area (Å²) >= 11 is 7.18. The van der Waals surface area contributed by atoms with Gasteiger partial charge in [0.05, 0.1) is 33.3 Å². The van der Waals surface area contributed by atoms with E-state index in [2.05, 4.69) is 10.3 Å². The minimum Gasteiger partial charge on any atom is -0.493 e. The third kappa shape index (κ3) is 5.16. The van der Waals surface area contributed by atoms with Crippen LogP contribution < -0.4 is 19.5 Å². The molecule has 0 aliphatic rings. The number of carbonyl (C=O) groups excluding carboxylic acids is 1. The molecule has 0 aliphatic carbocycles. The molecule has 3 rings (SSSR count). The Morgan fingerprint density at radius 1 is 1.14 bits per heavy atom. The van der Waals surface area contributed by atoms with E-state index < -0.39 is 0 Å². The van der Waals surface area contributed by atoms with Crippen LogP contribution in [0.2, 0.25) is 5.02 Å². The van der Waals surface area contributed by atoms with E-state index in [-0.39, 0.29) is 11.7 Å². The van der Waals surface area contributed by atoms with Gasteiger partial charge in [0.2, 0.25) is 11.7 Å². The van der Waals surface area contributed by atoms with Gasteiger partial charge in [0.1, 0.15) is 0 Å². The van der Waals surface area contributed by atoms with Crippen LogP contribution in [0.4, 0.5) is 5.69 Å².